The van der Waals surface area contributed by atoms with E-state index in [4.69, 9.17) is 0 Å². The Balaban J connectivity index is 3.70. The number of rotatable bonds is 3. The van der Waals surface area contributed by atoms with Crippen LogP contribution in [0.15, 0.2) is 0 Å². The van der Waals surface area contributed by atoms with Crippen LogP contribution in [0.1, 0.15) is 6.42 Å². The van der Waals surface area contributed by atoms with Gasteiger partial charge < -0.3 is 4.74 Å². The SMILES string of the molecule is COC(=O)CC(=O)O[N+](=O)[O-]. The summed E-state index contributed by atoms with van der Waals surface area (Å²) in [4.78, 5) is 33.4. The molecule has 0 atom stereocenters. The lowest BCUT2D eigenvalue weighted by Gasteiger charge is -1.95. The van der Waals surface area contributed by atoms with Crippen LogP contribution in [0.25, 0.3) is 0 Å². The second kappa shape index (κ2) is 4.20. The minimum absolute atomic E-state index is 0.753. The van der Waals surface area contributed by atoms with Gasteiger partial charge in [0.25, 0.3) is 0 Å². The molecule has 0 radical (unpaired) electrons. The molecule has 62 valence electrons. The summed E-state index contributed by atoms with van der Waals surface area (Å²) in [5.41, 5.74) is 0. The summed E-state index contributed by atoms with van der Waals surface area (Å²) in [7, 11) is 1.06. The smallest absolute Gasteiger partial charge is 0.315 e. The molecule has 0 rings (SSSR count). The highest BCUT2D eigenvalue weighted by atomic mass is 17.0. The van der Waals surface area contributed by atoms with E-state index >= 15 is 0 Å². The Labute approximate surface area is 61.0 Å². The average molecular weight is 163 g/mol. The zero-order chi connectivity index (χ0) is 8.85. The maximum absolute atomic E-state index is 10.3. The van der Waals surface area contributed by atoms with Gasteiger partial charge in [-0.3, -0.25) is 9.59 Å². The molecule has 0 aromatic heterocycles. The summed E-state index contributed by atoms with van der Waals surface area (Å²) in [5, 5.41) is 8.20. The topological polar surface area (TPSA) is 95.7 Å². The van der Waals surface area contributed by atoms with Gasteiger partial charge in [0.15, 0.2) is 0 Å². The van der Waals surface area contributed by atoms with Crippen molar-refractivity contribution in [3.05, 3.63) is 10.1 Å². The lowest BCUT2D eigenvalue weighted by Crippen LogP contribution is -2.15. The van der Waals surface area contributed by atoms with Gasteiger partial charge in [-0.05, 0) is 0 Å². The summed E-state index contributed by atoms with van der Waals surface area (Å²) < 4.78 is 4.04. The fourth-order valence-corrected chi connectivity index (χ4v) is 0.305. The van der Waals surface area contributed by atoms with E-state index in [0.717, 1.165) is 7.11 Å². The Morgan fingerprint density at radius 2 is 2.00 bits per heavy atom. The molecule has 0 amide bonds. The van der Waals surface area contributed by atoms with Crippen molar-refractivity contribution in [2.45, 2.75) is 6.42 Å². The number of carbonyl (C=O) groups excluding carboxylic acids is 2. The average Bonchev–Trinajstić information content (AvgIpc) is 1.85. The second-order valence-electron chi connectivity index (χ2n) is 1.44. The van der Waals surface area contributed by atoms with E-state index in [1.165, 1.54) is 0 Å². The molecule has 0 spiro atoms. The van der Waals surface area contributed by atoms with Gasteiger partial charge in [-0.1, -0.05) is 0 Å². The highest BCUT2D eigenvalue weighted by Crippen LogP contribution is 1.88. The standard InChI is InChI=1S/C4H5NO6/c1-10-3(6)2-4(7)11-5(8)9/h2H2,1H3. The third kappa shape index (κ3) is 4.82. The first-order valence-corrected chi connectivity index (χ1v) is 2.48. The highest BCUT2D eigenvalue weighted by molar-refractivity contribution is 5.90. The van der Waals surface area contributed by atoms with Crippen LogP contribution in [0.2, 0.25) is 0 Å². The molecule has 0 aromatic rings. The van der Waals surface area contributed by atoms with Crippen LogP contribution < -0.4 is 0 Å². The summed E-state index contributed by atoms with van der Waals surface area (Å²) in [6.07, 6.45) is -0.753. The maximum Gasteiger partial charge on any atom is 0.315 e. The van der Waals surface area contributed by atoms with Crippen molar-refractivity contribution in [1.82, 2.24) is 0 Å². The van der Waals surface area contributed by atoms with Crippen molar-refractivity contribution in [2.24, 2.45) is 0 Å². The molecule has 0 N–H and O–H groups in total. The van der Waals surface area contributed by atoms with Gasteiger partial charge in [-0.15, -0.1) is 10.1 Å². The van der Waals surface area contributed by atoms with Crippen LogP contribution in [0, 0.1) is 10.1 Å². The molecule has 7 heteroatoms. The van der Waals surface area contributed by atoms with E-state index in [1.807, 2.05) is 0 Å². The van der Waals surface area contributed by atoms with Crippen LogP contribution in [0.5, 0.6) is 0 Å². The van der Waals surface area contributed by atoms with E-state index < -0.39 is 23.4 Å². The summed E-state index contributed by atoms with van der Waals surface area (Å²) in [6.45, 7) is 0. The monoisotopic (exact) mass is 163 g/mol. The first-order valence-electron chi connectivity index (χ1n) is 2.48. The van der Waals surface area contributed by atoms with Gasteiger partial charge in [-0.2, -0.15) is 0 Å². The Kier molecular flexibility index (Phi) is 3.57. The predicted octanol–water partition coefficient (Wildman–Crippen LogP) is -0.716. The quantitative estimate of drug-likeness (QED) is 0.236. The first kappa shape index (κ1) is 9.34. The van der Waals surface area contributed by atoms with Crippen molar-refractivity contribution >= 4 is 11.9 Å². The number of hydrogen-bond donors (Lipinski definition) is 0. The molecule has 0 aliphatic rings. The molecule has 0 heterocycles. The lowest BCUT2D eigenvalue weighted by atomic mass is 10.4. The molecule has 0 saturated carbocycles. The van der Waals surface area contributed by atoms with Gasteiger partial charge in [0.05, 0.1) is 7.11 Å². The fourth-order valence-electron chi connectivity index (χ4n) is 0.305. The Morgan fingerprint density at radius 1 is 1.45 bits per heavy atom. The lowest BCUT2D eigenvalue weighted by molar-refractivity contribution is -0.729. The number of esters is 1. The number of nitrogens with zero attached hydrogens (tertiary/aromatic N) is 1. The van der Waals surface area contributed by atoms with E-state index in [1.54, 1.807) is 0 Å². The molecule has 11 heavy (non-hydrogen) atoms. The van der Waals surface area contributed by atoms with E-state index in [2.05, 4.69) is 9.57 Å². The Hall–Kier alpha value is -1.66. The highest BCUT2D eigenvalue weighted by Gasteiger charge is 2.12. The molecular weight excluding hydrogens is 158 g/mol. The Morgan fingerprint density at radius 3 is 2.36 bits per heavy atom. The van der Waals surface area contributed by atoms with Crippen molar-refractivity contribution in [2.75, 3.05) is 7.11 Å². The largest absolute Gasteiger partial charge is 0.469 e. The van der Waals surface area contributed by atoms with Crippen molar-refractivity contribution < 1.29 is 24.3 Å². The molecule has 0 fully saturated rings. The third-order valence-electron chi connectivity index (χ3n) is 0.693. The van der Waals surface area contributed by atoms with Crippen LogP contribution in [0.4, 0.5) is 0 Å². The van der Waals surface area contributed by atoms with E-state index in [-0.39, 0.29) is 0 Å². The molecule has 7 nitrogen and oxygen atoms in total. The van der Waals surface area contributed by atoms with Gasteiger partial charge in [0.1, 0.15) is 6.42 Å². The number of ether oxygens (including phenoxy) is 1. The molecule has 0 aliphatic heterocycles. The van der Waals surface area contributed by atoms with Gasteiger partial charge in [0.2, 0.25) is 0 Å². The maximum atomic E-state index is 10.3. The molecule has 0 saturated heterocycles. The number of carbonyl (C=O) groups is 2. The number of hydrogen-bond acceptors (Lipinski definition) is 6. The molecule has 0 aliphatic carbocycles. The summed E-state index contributed by atoms with van der Waals surface area (Å²) in [6, 6.07) is 0. The summed E-state index contributed by atoms with van der Waals surface area (Å²) in [5.74, 6) is -2.13. The predicted molar refractivity (Wildman–Crippen MR) is 29.7 cm³/mol. The van der Waals surface area contributed by atoms with Crippen LogP contribution in [0.3, 0.4) is 0 Å². The van der Waals surface area contributed by atoms with E-state index in [9.17, 15) is 19.7 Å². The van der Waals surface area contributed by atoms with Crippen LogP contribution >= 0.6 is 0 Å². The molecule has 0 aromatic carbocycles. The van der Waals surface area contributed by atoms with E-state index in [0.29, 0.717) is 0 Å². The summed E-state index contributed by atoms with van der Waals surface area (Å²) >= 11 is 0. The van der Waals surface area contributed by atoms with Crippen LogP contribution in [-0.2, 0) is 19.2 Å². The van der Waals surface area contributed by atoms with Gasteiger partial charge in [0, 0.05) is 0 Å². The third-order valence-corrected chi connectivity index (χ3v) is 0.693. The first-order chi connectivity index (χ1) is 5.06. The zero-order valence-corrected chi connectivity index (χ0v) is 5.60. The van der Waals surface area contributed by atoms with Crippen molar-refractivity contribution in [3.8, 4) is 0 Å². The molecule has 0 bridgehead atoms. The second-order valence-corrected chi connectivity index (χ2v) is 1.44. The number of methoxy groups -OCH3 is 1. The zero-order valence-electron chi connectivity index (χ0n) is 5.60. The van der Waals surface area contributed by atoms with Crippen LogP contribution in [-0.4, -0.2) is 24.1 Å². The van der Waals surface area contributed by atoms with Gasteiger partial charge >= 0.3 is 17.0 Å². The Bertz CT molecular complexity index is 187. The van der Waals surface area contributed by atoms with Gasteiger partial charge in [-0.25, -0.2) is 4.84 Å². The fraction of sp³-hybridized carbons (Fsp3) is 0.500. The van der Waals surface area contributed by atoms with Crippen molar-refractivity contribution in [3.63, 3.8) is 0 Å². The minimum atomic E-state index is -1.29. The normalized spacial score (nSPS) is 8.45. The van der Waals surface area contributed by atoms with Crippen molar-refractivity contribution in [1.29, 1.82) is 0 Å². The molecular formula is C4H5NO6. The minimum Gasteiger partial charge on any atom is -0.469 e. The molecule has 0 unspecified atom stereocenters.